The Kier molecular flexibility index (Phi) is 5.19. The van der Waals surface area contributed by atoms with E-state index in [1.807, 2.05) is 6.07 Å². The zero-order valence-corrected chi connectivity index (χ0v) is 17.4. The van der Waals surface area contributed by atoms with Crippen LogP contribution in [0.5, 0.6) is 0 Å². The van der Waals surface area contributed by atoms with Crippen LogP contribution in [0.4, 0.5) is 24.7 Å². The van der Waals surface area contributed by atoms with Crippen molar-refractivity contribution in [2.45, 2.75) is 24.4 Å². The molecule has 0 saturated heterocycles. The molecule has 3 heterocycles. The normalized spacial score (nSPS) is 23.2. The molecule has 1 aromatic carbocycles. The highest BCUT2D eigenvalue weighted by atomic mass is 19.3. The highest BCUT2D eigenvalue weighted by Crippen LogP contribution is 2.38. The van der Waals surface area contributed by atoms with Gasteiger partial charge in [-0.2, -0.15) is 5.26 Å². The zero-order chi connectivity index (χ0) is 23.9. The molecule has 11 heteroatoms. The van der Waals surface area contributed by atoms with Crippen molar-refractivity contribution in [3.05, 3.63) is 59.7 Å². The lowest BCUT2D eigenvalue weighted by Crippen LogP contribution is -2.37. The first kappa shape index (κ1) is 21.5. The number of hydroxylamine groups is 1. The molecule has 3 aromatic rings. The van der Waals surface area contributed by atoms with Crippen LogP contribution in [0.15, 0.2) is 47.7 Å². The molecule has 34 heavy (non-hydrogen) atoms. The van der Waals surface area contributed by atoms with Gasteiger partial charge in [-0.15, -0.1) is 5.48 Å². The minimum atomic E-state index is -3.20. The Balaban J connectivity index is 1.59. The minimum Gasteiger partial charge on any atom is -0.371 e. The fraction of sp³-hybridized carbons (Fsp3) is 0.217. The number of hydrogen-bond donors (Lipinski definition) is 3. The maximum atomic E-state index is 15.0. The summed E-state index contributed by atoms with van der Waals surface area (Å²) in [5.41, 5.74) is 6.33. The van der Waals surface area contributed by atoms with E-state index < -0.39 is 29.4 Å². The van der Waals surface area contributed by atoms with E-state index in [2.05, 4.69) is 37.6 Å². The number of anilines is 2. The van der Waals surface area contributed by atoms with Crippen molar-refractivity contribution < 1.29 is 18.0 Å². The van der Waals surface area contributed by atoms with Gasteiger partial charge in [0.25, 0.3) is 6.43 Å². The summed E-state index contributed by atoms with van der Waals surface area (Å²) in [6, 6.07) is 8.19. The lowest BCUT2D eigenvalue weighted by molar-refractivity contribution is 0.0788. The summed E-state index contributed by atoms with van der Waals surface area (Å²) in [5.74, 6) is 4.36. The van der Waals surface area contributed by atoms with Crippen LogP contribution in [-0.4, -0.2) is 28.5 Å². The summed E-state index contributed by atoms with van der Waals surface area (Å²) in [7, 11) is 0. The van der Waals surface area contributed by atoms with Gasteiger partial charge in [-0.05, 0) is 36.8 Å². The lowest BCUT2D eigenvalue weighted by Gasteiger charge is -2.25. The number of aliphatic imine (C=N–C) groups is 1. The number of aromatic nitrogens is 2. The van der Waals surface area contributed by atoms with E-state index in [0.29, 0.717) is 28.7 Å². The van der Waals surface area contributed by atoms with Crippen molar-refractivity contribution in [2.24, 2.45) is 16.6 Å². The number of rotatable bonds is 4. The second-order valence-corrected chi connectivity index (χ2v) is 7.84. The minimum absolute atomic E-state index is 0.154. The van der Waals surface area contributed by atoms with Gasteiger partial charge in [0, 0.05) is 34.9 Å². The number of hydrogen-bond acceptors (Lipinski definition) is 8. The van der Waals surface area contributed by atoms with Gasteiger partial charge < -0.3 is 15.9 Å². The molecule has 0 unspecified atom stereocenters. The fourth-order valence-electron chi connectivity index (χ4n) is 3.64. The topological polar surface area (TPSA) is 121 Å². The first-order valence-electron chi connectivity index (χ1n) is 10.2. The van der Waals surface area contributed by atoms with Crippen molar-refractivity contribution >= 4 is 28.4 Å². The monoisotopic (exact) mass is 463 g/mol. The highest BCUT2D eigenvalue weighted by molar-refractivity contribution is 5.90. The van der Waals surface area contributed by atoms with Crippen LogP contribution < -0.4 is 16.5 Å². The van der Waals surface area contributed by atoms with Gasteiger partial charge in [0.2, 0.25) is 5.54 Å². The Morgan fingerprint density at radius 3 is 2.94 bits per heavy atom. The van der Waals surface area contributed by atoms with Crippen molar-refractivity contribution in [3.63, 3.8) is 0 Å². The molecule has 2 aromatic heterocycles. The average molecular weight is 463 g/mol. The van der Waals surface area contributed by atoms with Crippen molar-refractivity contribution in [1.29, 1.82) is 5.26 Å². The van der Waals surface area contributed by atoms with Gasteiger partial charge in [-0.3, -0.25) is 4.98 Å². The largest absolute Gasteiger partial charge is 0.371 e. The van der Waals surface area contributed by atoms with Crippen LogP contribution in [0, 0.1) is 34.9 Å². The van der Waals surface area contributed by atoms with Gasteiger partial charge in [0.05, 0.1) is 11.6 Å². The number of nitrogens with zero attached hydrogens (tertiary/aromatic N) is 4. The first-order chi connectivity index (χ1) is 16.4. The molecule has 2 aliphatic rings. The summed E-state index contributed by atoms with van der Waals surface area (Å²) in [4.78, 5) is 17.3. The maximum absolute atomic E-state index is 15.0. The maximum Gasteiger partial charge on any atom is 0.304 e. The standard InChI is InChI=1S/C23H16F3N7O/c24-17-2-1-15(31-20-19-14(4-6-29-20)7-12(10-27)11-30-19)9-16(17)23(21(25)26)5-3-13-8-18(13)33-34-22(28)32-23/h1-2,4,6-7,9,11,13,18,21,33H,8H2,(H2,28,32)(H,29,31)/t13-,18+,23-/m0/s1. The molecule has 0 spiro atoms. The molecule has 170 valence electrons. The molecule has 4 N–H and O–H groups in total. The summed E-state index contributed by atoms with van der Waals surface area (Å²) in [6.45, 7) is 0. The number of nitrogens with two attached hydrogens (primary N) is 1. The summed E-state index contributed by atoms with van der Waals surface area (Å²) >= 11 is 0. The molecule has 0 bridgehead atoms. The Bertz CT molecular complexity index is 1430. The third kappa shape index (κ3) is 3.83. The molecule has 1 saturated carbocycles. The molecule has 3 atom stereocenters. The summed E-state index contributed by atoms with van der Waals surface area (Å²) < 4.78 is 43.9. The van der Waals surface area contributed by atoms with Gasteiger partial charge in [0.1, 0.15) is 17.4 Å². The number of amidine groups is 1. The Morgan fingerprint density at radius 2 is 2.15 bits per heavy atom. The number of pyridine rings is 2. The molecule has 0 radical (unpaired) electrons. The quantitative estimate of drug-likeness (QED) is 0.509. The molecular weight excluding hydrogens is 447 g/mol. The van der Waals surface area contributed by atoms with E-state index in [0.717, 1.165) is 6.07 Å². The van der Waals surface area contributed by atoms with E-state index >= 15 is 0 Å². The molecule has 1 aliphatic heterocycles. The SMILES string of the molecule is N#Cc1cnc2c(Nc3ccc(F)c([C@]4(C(F)F)C#C[C@H]5C[C@H]5NOC(N)=N4)c3)nccc2c1. The van der Waals surface area contributed by atoms with Crippen LogP contribution >= 0.6 is 0 Å². The number of benzene rings is 1. The summed E-state index contributed by atoms with van der Waals surface area (Å²) in [6.07, 6.45) is 0.283. The lowest BCUT2D eigenvalue weighted by atomic mass is 9.90. The predicted octanol–water partition coefficient (Wildman–Crippen LogP) is 3.09. The van der Waals surface area contributed by atoms with Crippen molar-refractivity contribution in [2.75, 3.05) is 5.32 Å². The average Bonchev–Trinajstić information content (AvgIpc) is 3.58. The van der Waals surface area contributed by atoms with Gasteiger partial charge in [0.15, 0.2) is 5.82 Å². The Hall–Kier alpha value is -4.35. The number of alkyl halides is 2. The second kappa shape index (κ2) is 8.21. The van der Waals surface area contributed by atoms with Crippen molar-refractivity contribution in [3.8, 4) is 17.9 Å². The van der Waals surface area contributed by atoms with Crippen LogP contribution in [0.25, 0.3) is 10.9 Å². The molecule has 8 nitrogen and oxygen atoms in total. The third-order valence-corrected chi connectivity index (χ3v) is 5.52. The van der Waals surface area contributed by atoms with Crippen LogP contribution in [-0.2, 0) is 10.4 Å². The van der Waals surface area contributed by atoms with E-state index in [4.69, 9.17) is 15.8 Å². The first-order valence-corrected chi connectivity index (χ1v) is 10.2. The third-order valence-electron chi connectivity index (χ3n) is 5.52. The second-order valence-electron chi connectivity index (χ2n) is 7.84. The molecular formula is C23H16F3N7O. The van der Waals surface area contributed by atoms with Crippen LogP contribution in [0.3, 0.4) is 0 Å². The predicted molar refractivity (Wildman–Crippen MR) is 117 cm³/mol. The van der Waals surface area contributed by atoms with Crippen LogP contribution in [0.1, 0.15) is 17.5 Å². The van der Waals surface area contributed by atoms with E-state index in [9.17, 15) is 13.2 Å². The smallest absolute Gasteiger partial charge is 0.304 e. The molecule has 0 amide bonds. The van der Waals surface area contributed by atoms with E-state index in [-0.39, 0.29) is 17.6 Å². The zero-order valence-electron chi connectivity index (χ0n) is 17.4. The number of fused-ring (bicyclic) bond motifs is 2. The number of nitrogens with one attached hydrogen (secondary N) is 2. The van der Waals surface area contributed by atoms with E-state index in [1.165, 1.54) is 24.5 Å². The van der Waals surface area contributed by atoms with Gasteiger partial charge >= 0.3 is 6.02 Å². The van der Waals surface area contributed by atoms with Gasteiger partial charge in [-0.1, -0.05) is 11.8 Å². The molecule has 1 aliphatic carbocycles. The van der Waals surface area contributed by atoms with E-state index in [1.54, 1.807) is 12.1 Å². The van der Waals surface area contributed by atoms with Gasteiger partial charge in [-0.25, -0.2) is 23.1 Å². The van der Waals surface area contributed by atoms with Crippen molar-refractivity contribution in [1.82, 2.24) is 15.4 Å². The van der Waals surface area contributed by atoms with Crippen LogP contribution in [0.2, 0.25) is 0 Å². The fourth-order valence-corrected chi connectivity index (χ4v) is 3.64. The molecule has 1 fully saturated rings. The summed E-state index contributed by atoms with van der Waals surface area (Å²) in [5, 5.41) is 12.7. The molecule has 5 rings (SSSR count). The Labute approximate surface area is 191 Å². The number of nitriles is 1. The Morgan fingerprint density at radius 1 is 1.29 bits per heavy atom. The number of halogens is 3. The highest BCUT2D eigenvalue weighted by Gasteiger charge is 2.46.